The van der Waals surface area contributed by atoms with Crippen LogP contribution >= 0.6 is 7.82 Å². The SMILES string of the molecule is CCCCCCC/C=C\C/C=C\CCCCCCCCCCCCCCCC(=O)NC(COP(=O)(O)OCC[N+](C)(C)C)C(O)CCCCCCCCCCCCCCCCCCCCCCCCCC. The zero-order chi connectivity index (χ0) is 52.0. The molecule has 0 radical (unpaired) electrons. The summed E-state index contributed by atoms with van der Waals surface area (Å²) < 4.78 is 23.8. The fraction of sp³-hybridized carbons (Fsp3) is 0.919. The molecule has 9 heteroatoms. The molecule has 0 saturated carbocycles. The molecule has 0 aliphatic carbocycles. The van der Waals surface area contributed by atoms with Crippen molar-refractivity contribution in [3.8, 4) is 0 Å². The van der Waals surface area contributed by atoms with Crippen LogP contribution in [0.15, 0.2) is 24.3 Å². The number of phosphoric acid groups is 1. The minimum Gasteiger partial charge on any atom is -0.391 e. The second-order valence-electron chi connectivity index (χ2n) is 22.8. The number of aliphatic hydroxyl groups is 1. The molecule has 0 rings (SSSR count). The minimum absolute atomic E-state index is 0.0764. The fourth-order valence-electron chi connectivity index (χ4n) is 9.55. The number of hydrogen-bond donors (Lipinski definition) is 3. The Balaban J connectivity index is 4.10. The number of phosphoric ester groups is 1. The summed E-state index contributed by atoms with van der Waals surface area (Å²) in [7, 11) is 1.63. The Morgan fingerprint density at radius 3 is 1.15 bits per heavy atom. The molecule has 0 bridgehead atoms. The molecule has 0 aliphatic rings. The smallest absolute Gasteiger partial charge is 0.391 e. The highest BCUT2D eigenvalue weighted by molar-refractivity contribution is 7.47. The third-order valence-electron chi connectivity index (χ3n) is 14.5. The van der Waals surface area contributed by atoms with Crippen LogP contribution in [0.25, 0.3) is 0 Å². The molecule has 0 aliphatic heterocycles. The number of rotatable bonds is 58. The number of nitrogens with zero attached hydrogens (tertiary/aromatic N) is 1. The molecule has 3 N–H and O–H groups in total. The van der Waals surface area contributed by atoms with E-state index in [1.54, 1.807) is 0 Å². The number of quaternary nitrogens is 1. The van der Waals surface area contributed by atoms with E-state index < -0.39 is 20.0 Å². The number of amides is 1. The largest absolute Gasteiger partial charge is 0.472 e. The number of carbonyl (C=O) groups excluding carboxylic acids is 1. The van der Waals surface area contributed by atoms with Crippen LogP contribution < -0.4 is 5.32 Å². The van der Waals surface area contributed by atoms with Gasteiger partial charge in [0, 0.05) is 6.42 Å². The first-order valence-corrected chi connectivity index (χ1v) is 32.7. The van der Waals surface area contributed by atoms with Gasteiger partial charge in [0.15, 0.2) is 0 Å². The second-order valence-corrected chi connectivity index (χ2v) is 24.2. The lowest BCUT2D eigenvalue weighted by Crippen LogP contribution is -2.46. The highest BCUT2D eigenvalue weighted by atomic mass is 31.2. The van der Waals surface area contributed by atoms with Crippen molar-refractivity contribution < 1.29 is 32.9 Å². The van der Waals surface area contributed by atoms with Crippen LogP contribution in [0, 0.1) is 0 Å². The summed E-state index contributed by atoms with van der Waals surface area (Å²) in [6, 6.07) is -0.760. The molecular weight excluding hydrogens is 900 g/mol. The average molecular weight is 1020 g/mol. The summed E-state index contributed by atoms with van der Waals surface area (Å²) in [5.41, 5.74) is 0. The van der Waals surface area contributed by atoms with Gasteiger partial charge in [0.1, 0.15) is 13.2 Å². The van der Waals surface area contributed by atoms with Crippen LogP contribution in [0.3, 0.4) is 0 Å². The van der Waals surface area contributed by atoms with Gasteiger partial charge in [-0.25, -0.2) is 4.57 Å². The summed E-state index contributed by atoms with van der Waals surface area (Å²) in [5, 5.41) is 14.1. The number of likely N-dealkylation sites (N-methyl/N-ethyl adjacent to an activating group) is 1. The molecule has 8 nitrogen and oxygen atoms in total. The molecule has 0 spiro atoms. The highest BCUT2D eigenvalue weighted by Crippen LogP contribution is 2.43. The predicted octanol–water partition coefficient (Wildman–Crippen LogP) is 19.2. The van der Waals surface area contributed by atoms with E-state index in [-0.39, 0.29) is 19.1 Å². The van der Waals surface area contributed by atoms with Crippen LogP contribution in [0.1, 0.15) is 316 Å². The van der Waals surface area contributed by atoms with Gasteiger partial charge in [0.05, 0.1) is 39.9 Å². The molecule has 0 aromatic carbocycles. The van der Waals surface area contributed by atoms with Crippen molar-refractivity contribution in [3.05, 3.63) is 24.3 Å². The van der Waals surface area contributed by atoms with E-state index in [0.717, 1.165) is 44.9 Å². The predicted molar refractivity (Wildman–Crippen MR) is 309 cm³/mol. The molecule has 3 atom stereocenters. The Labute approximate surface area is 443 Å². The summed E-state index contributed by atoms with van der Waals surface area (Å²) in [5.74, 6) is -0.140. The van der Waals surface area contributed by atoms with Gasteiger partial charge in [0.2, 0.25) is 5.91 Å². The van der Waals surface area contributed by atoms with Gasteiger partial charge in [0.25, 0.3) is 0 Å². The van der Waals surface area contributed by atoms with Crippen LogP contribution in [0.2, 0.25) is 0 Å². The zero-order valence-corrected chi connectivity index (χ0v) is 49.1. The highest BCUT2D eigenvalue weighted by Gasteiger charge is 2.28. The number of carbonyl (C=O) groups is 1. The van der Waals surface area contributed by atoms with Crippen molar-refractivity contribution in [1.82, 2.24) is 5.32 Å². The second kappa shape index (κ2) is 53.8. The van der Waals surface area contributed by atoms with Crippen LogP contribution in [0.5, 0.6) is 0 Å². The summed E-state index contributed by atoms with van der Waals surface area (Å²) in [6.45, 7) is 4.93. The first kappa shape index (κ1) is 70.0. The Hall–Kier alpha value is -1.02. The summed E-state index contributed by atoms with van der Waals surface area (Å²) in [6.07, 6.45) is 68.1. The van der Waals surface area contributed by atoms with Gasteiger partial charge in [-0.2, -0.15) is 0 Å². The average Bonchev–Trinajstić information content (AvgIpc) is 3.33. The maximum atomic E-state index is 13.0. The van der Waals surface area contributed by atoms with E-state index >= 15 is 0 Å². The van der Waals surface area contributed by atoms with Gasteiger partial charge in [-0.15, -0.1) is 0 Å². The molecule has 0 heterocycles. The summed E-state index contributed by atoms with van der Waals surface area (Å²) in [4.78, 5) is 23.4. The minimum atomic E-state index is -4.32. The third-order valence-corrected chi connectivity index (χ3v) is 15.4. The van der Waals surface area contributed by atoms with E-state index in [9.17, 15) is 19.4 Å². The third kappa shape index (κ3) is 56.5. The number of allylic oxidation sites excluding steroid dienone is 4. The molecule has 0 aromatic rings. The van der Waals surface area contributed by atoms with E-state index in [0.29, 0.717) is 23.9 Å². The van der Waals surface area contributed by atoms with E-state index in [1.165, 1.54) is 244 Å². The molecule has 0 aromatic heterocycles. The topological polar surface area (TPSA) is 105 Å². The Kier molecular flexibility index (Phi) is 53.0. The number of hydrogen-bond acceptors (Lipinski definition) is 5. The van der Waals surface area contributed by atoms with E-state index in [1.807, 2.05) is 21.1 Å². The van der Waals surface area contributed by atoms with Crippen LogP contribution in [-0.2, 0) is 18.4 Å². The first-order valence-electron chi connectivity index (χ1n) is 31.2. The standard InChI is InChI=1S/C62H123N2O6P/c1-6-8-10-12-14-16-18-20-22-24-26-28-30-32-34-36-38-40-42-44-46-48-50-52-54-56-62(66)63-60(59-70-71(67,68)69-58-57-64(3,4)5)61(65)55-53-51-49-47-45-43-41-39-37-35-33-31-29-27-25-23-21-19-17-15-13-11-9-7-2/h18,20,24,26,60-61,65H,6-17,19,21-23,25,27-59H2,1-5H3,(H-,63,66,67,68)/p+1/b20-18-,26-24-. The van der Waals surface area contributed by atoms with Gasteiger partial charge in [-0.3, -0.25) is 13.8 Å². The molecule has 3 unspecified atom stereocenters. The Morgan fingerprint density at radius 2 is 0.803 bits per heavy atom. The molecule has 0 fully saturated rings. The molecule has 422 valence electrons. The van der Waals surface area contributed by atoms with Crippen LogP contribution in [-0.4, -0.2) is 73.4 Å². The monoisotopic (exact) mass is 1020 g/mol. The Bertz CT molecular complexity index is 1210. The molecular formula is C62H124N2O6P+. The van der Waals surface area contributed by atoms with E-state index in [4.69, 9.17) is 9.05 Å². The lowest BCUT2D eigenvalue weighted by molar-refractivity contribution is -0.870. The zero-order valence-electron chi connectivity index (χ0n) is 48.2. The van der Waals surface area contributed by atoms with Crippen molar-refractivity contribution in [1.29, 1.82) is 0 Å². The van der Waals surface area contributed by atoms with Gasteiger partial charge >= 0.3 is 7.82 Å². The summed E-state index contributed by atoms with van der Waals surface area (Å²) >= 11 is 0. The van der Waals surface area contributed by atoms with Gasteiger partial charge < -0.3 is 19.8 Å². The number of aliphatic hydroxyl groups excluding tert-OH is 1. The first-order chi connectivity index (χ1) is 34.5. The fourth-order valence-corrected chi connectivity index (χ4v) is 10.3. The van der Waals surface area contributed by atoms with Gasteiger partial charge in [-0.1, -0.05) is 289 Å². The van der Waals surface area contributed by atoms with Crippen molar-refractivity contribution in [3.63, 3.8) is 0 Å². The van der Waals surface area contributed by atoms with Crippen LogP contribution in [0.4, 0.5) is 0 Å². The van der Waals surface area contributed by atoms with Crippen molar-refractivity contribution in [2.75, 3.05) is 40.9 Å². The van der Waals surface area contributed by atoms with E-state index in [2.05, 4.69) is 43.5 Å². The molecule has 1 amide bonds. The maximum absolute atomic E-state index is 13.0. The molecule has 0 saturated heterocycles. The lowest BCUT2D eigenvalue weighted by atomic mass is 10.0. The van der Waals surface area contributed by atoms with Crippen molar-refractivity contribution in [2.45, 2.75) is 328 Å². The Morgan fingerprint density at radius 1 is 0.479 bits per heavy atom. The lowest BCUT2D eigenvalue weighted by Gasteiger charge is -2.26. The number of unbranched alkanes of at least 4 members (excludes halogenated alkanes) is 41. The molecule has 71 heavy (non-hydrogen) atoms. The van der Waals surface area contributed by atoms with Crippen molar-refractivity contribution >= 4 is 13.7 Å². The van der Waals surface area contributed by atoms with Crippen molar-refractivity contribution in [2.24, 2.45) is 0 Å². The maximum Gasteiger partial charge on any atom is 0.472 e. The van der Waals surface area contributed by atoms with Gasteiger partial charge in [-0.05, 0) is 44.9 Å². The number of nitrogens with one attached hydrogen (secondary N) is 1. The normalized spacial score (nSPS) is 14.0. The quantitative estimate of drug-likeness (QED) is 0.0243.